The molecule has 0 unspecified atom stereocenters. The lowest BCUT2D eigenvalue weighted by atomic mass is 9.94. The second-order valence-corrected chi connectivity index (χ2v) is 10.3. The Balaban J connectivity index is 1.59. The summed E-state index contributed by atoms with van der Waals surface area (Å²) in [6.07, 6.45) is 10.2. The molecule has 6 nitrogen and oxygen atoms in total. The molecule has 0 bridgehead atoms. The van der Waals surface area contributed by atoms with Crippen molar-refractivity contribution in [3.8, 4) is 0 Å². The summed E-state index contributed by atoms with van der Waals surface area (Å²) in [6, 6.07) is 0.349. The third-order valence-electron chi connectivity index (χ3n) is 6.40. The van der Waals surface area contributed by atoms with Gasteiger partial charge in [0, 0.05) is 25.1 Å². The van der Waals surface area contributed by atoms with Crippen molar-refractivity contribution in [2.75, 3.05) is 26.5 Å². The van der Waals surface area contributed by atoms with E-state index in [1.807, 2.05) is 11.9 Å². The van der Waals surface area contributed by atoms with Crippen LogP contribution in [0.1, 0.15) is 55.4 Å². The van der Waals surface area contributed by atoms with Crippen LogP contribution < -0.4 is 5.56 Å². The van der Waals surface area contributed by atoms with Gasteiger partial charge < -0.3 is 9.64 Å². The van der Waals surface area contributed by atoms with E-state index in [9.17, 15) is 9.59 Å². The van der Waals surface area contributed by atoms with E-state index in [1.54, 1.807) is 23.0 Å². The van der Waals surface area contributed by atoms with E-state index in [-0.39, 0.29) is 11.5 Å². The average molecular weight is 450 g/mol. The zero-order valence-corrected chi connectivity index (χ0v) is 19.6. The van der Waals surface area contributed by atoms with Crippen molar-refractivity contribution in [3.05, 3.63) is 20.8 Å². The van der Waals surface area contributed by atoms with Crippen LogP contribution in [0.25, 0.3) is 10.2 Å². The molecule has 0 aromatic carbocycles. The summed E-state index contributed by atoms with van der Waals surface area (Å²) in [5.74, 6) is 0.424. The van der Waals surface area contributed by atoms with Crippen LogP contribution >= 0.6 is 23.1 Å². The Kier molecular flexibility index (Phi) is 7.16. The van der Waals surface area contributed by atoms with Gasteiger partial charge in [-0.25, -0.2) is 4.98 Å². The van der Waals surface area contributed by atoms with Crippen molar-refractivity contribution < 1.29 is 9.53 Å². The Morgan fingerprint density at radius 1 is 1.23 bits per heavy atom. The van der Waals surface area contributed by atoms with Crippen molar-refractivity contribution >= 4 is 39.2 Å². The lowest BCUT2D eigenvalue weighted by Crippen LogP contribution is -2.39. The van der Waals surface area contributed by atoms with Crippen molar-refractivity contribution in [2.45, 2.75) is 75.5 Å². The molecule has 0 N–H and O–H groups in total. The Labute approximate surface area is 186 Å². The maximum Gasteiger partial charge on any atom is 0.263 e. The van der Waals surface area contributed by atoms with Crippen molar-refractivity contribution in [1.82, 2.24) is 14.5 Å². The smallest absolute Gasteiger partial charge is 0.263 e. The number of amides is 1. The van der Waals surface area contributed by atoms with Gasteiger partial charge >= 0.3 is 0 Å². The quantitative estimate of drug-likeness (QED) is 0.474. The van der Waals surface area contributed by atoms with Gasteiger partial charge in [-0.2, -0.15) is 0 Å². The van der Waals surface area contributed by atoms with Gasteiger partial charge in [0.1, 0.15) is 4.83 Å². The third kappa shape index (κ3) is 4.46. The molecule has 1 saturated carbocycles. The largest absolute Gasteiger partial charge is 0.383 e. The summed E-state index contributed by atoms with van der Waals surface area (Å²) in [5.41, 5.74) is 1.22. The fourth-order valence-corrected chi connectivity index (χ4v) is 6.86. The average Bonchev–Trinajstić information content (AvgIpc) is 3.15. The topological polar surface area (TPSA) is 64.4 Å². The summed E-state index contributed by atoms with van der Waals surface area (Å²) < 4.78 is 6.95. The highest BCUT2D eigenvalue weighted by molar-refractivity contribution is 7.99. The van der Waals surface area contributed by atoms with Crippen LogP contribution in [-0.2, 0) is 28.9 Å². The summed E-state index contributed by atoms with van der Waals surface area (Å²) in [7, 11) is 3.56. The van der Waals surface area contributed by atoms with E-state index < -0.39 is 0 Å². The number of ether oxygens (including phenoxy) is 1. The Bertz CT molecular complexity index is 963. The van der Waals surface area contributed by atoms with E-state index in [1.165, 1.54) is 47.9 Å². The summed E-state index contributed by atoms with van der Waals surface area (Å²) in [4.78, 5) is 35.1. The minimum absolute atomic E-state index is 0.0204. The van der Waals surface area contributed by atoms with E-state index in [0.717, 1.165) is 42.3 Å². The van der Waals surface area contributed by atoms with Crippen LogP contribution in [0, 0.1) is 0 Å². The first-order valence-corrected chi connectivity index (χ1v) is 12.8. The molecule has 0 atom stereocenters. The molecule has 0 saturated heterocycles. The molecule has 0 aliphatic heterocycles. The molecular weight excluding hydrogens is 418 g/mol. The van der Waals surface area contributed by atoms with E-state index in [2.05, 4.69) is 0 Å². The first-order valence-electron chi connectivity index (χ1n) is 11.0. The van der Waals surface area contributed by atoms with Gasteiger partial charge in [-0.15, -0.1) is 11.3 Å². The minimum atomic E-state index is 0.0204. The molecule has 30 heavy (non-hydrogen) atoms. The number of nitrogens with zero attached hydrogens (tertiary/aromatic N) is 3. The van der Waals surface area contributed by atoms with E-state index in [4.69, 9.17) is 9.72 Å². The maximum absolute atomic E-state index is 13.4. The van der Waals surface area contributed by atoms with Crippen molar-refractivity contribution in [2.24, 2.45) is 0 Å². The molecule has 2 aromatic heterocycles. The van der Waals surface area contributed by atoms with Crippen molar-refractivity contribution in [1.29, 1.82) is 0 Å². The third-order valence-corrected chi connectivity index (χ3v) is 8.55. The highest BCUT2D eigenvalue weighted by atomic mass is 32.2. The van der Waals surface area contributed by atoms with Crippen LogP contribution in [-0.4, -0.2) is 52.9 Å². The van der Waals surface area contributed by atoms with Crippen LogP contribution in [0.3, 0.4) is 0 Å². The minimum Gasteiger partial charge on any atom is -0.383 e. The Morgan fingerprint density at radius 2 is 2.00 bits per heavy atom. The number of thiophene rings is 1. The molecule has 2 aliphatic carbocycles. The highest BCUT2D eigenvalue weighted by Gasteiger charge is 2.25. The second-order valence-electron chi connectivity index (χ2n) is 8.32. The predicted octanol–water partition coefficient (Wildman–Crippen LogP) is 3.87. The van der Waals surface area contributed by atoms with E-state index in [0.29, 0.717) is 30.1 Å². The molecule has 1 fully saturated rings. The number of aryl methyl sites for hydroxylation is 2. The number of thioether (sulfide) groups is 1. The first-order chi connectivity index (χ1) is 14.6. The molecular formula is C22H31N3O3S2. The lowest BCUT2D eigenvalue weighted by molar-refractivity contribution is -0.129. The Morgan fingerprint density at radius 3 is 2.77 bits per heavy atom. The number of aromatic nitrogens is 2. The lowest BCUT2D eigenvalue weighted by Gasteiger charge is -2.31. The Hall–Kier alpha value is -1.38. The highest BCUT2D eigenvalue weighted by Crippen LogP contribution is 2.34. The monoisotopic (exact) mass is 449 g/mol. The number of hydrogen-bond donors (Lipinski definition) is 0. The predicted molar refractivity (Wildman–Crippen MR) is 123 cm³/mol. The fraction of sp³-hybridized carbons (Fsp3) is 0.682. The van der Waals surface area contributed by atoms with Gasteiger partial charge in [-0.1, -0.05) is 31.0 Å². The summed E-state index contributed by atoms with van der Waals surface area (Å²) in [5, 5.41) is 1.43. The number of fused-ring (bicyclic) bond motifs is 3. The van der Waals surface area contributed by atoms with Gasteiger partial charge in [0.05, 0.1) is 24.3 Å². The molecule has 2 heterocycles. The number of rotatable bonds is 7. The number of carbonyl (C=O) groups excluding carboxylic acids is 1. The molecule has 2 aromatic rings. The fourth-order valence-electron chi connectivity index (χ4n) is 4.61. The first kappa shape index (κ1) is 21.8. The van der Waals surface area contributed by atoms with Crippen LogP contribution in [0.2, 0.25) is 0 Å². The van der Waals surface area contributed by atoms with Gasteiger partial charge in [0.15, 0.2) is 5.16 Å². The molecule has 4 rings (SSSR count). The summed E-state index contributed by atoms with van der Waals surface area (Å²) >= 11 is 3.04. The molecule has 164 valence electrons. The summed E-state index contributed by atoms with van der Waals surface area (Å²) in [6.45, 7) is 0.904. The zero-order valence-electron chi connectivity index (χ0n) is 17.9. The number of hydrogen-bond acceptors (Lipinski definition) is 6. The van der Waals surface area contributed by atoms with Gasteiger partial charge in [0.25, 0.3) is 5.56 Å². The molecule has 8 heteroatoms. The standard InChI is InChI=1S/C22H31N3O3S2/c1-24(15-8-4-3-5-9-15)18(26)14-29-22-23-20-19(21(27)25(22)12-13-28-2)16-10-6-7-11-17(16)30-20/h15H,3-14H2,1-2H3. The second kappa shape index (κ2) is 9.83. The SMILES string of the molecule is COCCn1c(SCC(=O)N(C)C2CCCCC2)nc2sc3c(c2c1=O)CCCC3. The van der Waals surface area contributed by atoms with Gasteiger partial charge in [-0.3, -0.25) is 14.2 Å². The molecule has 0 spiro atoms. The zero-order chi connectivity index (χ0) is 21.1. The molecule has 0 radical (unpaired) electrons. The number of carbonyl (C=O) groups is 1. The maximum atomic E-state index is 13.4. The van der Waals surface area contributed by atoms with Crippen LogP contribution in [0.4, 0.5) is 0 Å². The number of methoxy groups -OCH3 is 1. The van der Waals surface area contributed by atoms with Gasteiger partial charge in [-0.05, 0) is 44.1 Å². The van der Waals surface area contributed by atoms with Crippen LogP contribution in [0.5, 0.6) is 0 Å². The normalized spacial score (nSPS) is 17.3. The molecule has 2 aliphatic rings. The van der Waals surface area contributed by atoms with Crippen molar-refractivity contribution in [3.63, 3.8) is 0 Å². The van der Waals surface area contributed by atoms with Crippen LogP contribution in [0.15, 0.2) is 9.95 Å². The van der Waals surface area contributed by atoms with E-state index >= 15 is 0 Å². The molecule has 1 amide bonds. The van der Waals surface area contributed by atoms with Gasteiger partial charge in [0.2, 0.25) is 5.91 Å².